The molecule has 0 heterocycles. The maximum absolute atomic E-state index is 13.0. The van der Waals surface area contributed by atoms with Crippen LogP contribution in [0.5, 0.6) is 17.2 Å². The largest absolute Gasteiger partial charge is 0.507 e. The van der Waals surface area contributed by atoms with E-state index in [1.54, 1.807) is 36.4 Å². The van der Waals surface area contributed by atoms with Gasteiger partial charge in [-0.2, -0.15) is 0 Å². The normalized spacial score (nSPS) is 10.4. The molecule has 0 saturated carbocycles. The lowest BCUT2D eigenvalue weighted by molar-refractivity contribution is -0.107. The Morgan fingerprint density at radius 1 is 1.00 bits per heavy atom. The molecule has 0 aromatic heterocycles. The van der Waals surface area contributed by atoms with Crippen LogP contribution in [0.25, 0.3) is 11.1 Å². The topological polar surface area (TPSA) is 83.8 Å². The first-order valence-electron chi connectivity index (χ1n) is 8.33. The van der Waals surface area contributed by atoms with Crippen molar-refractivity contribution in [2.24, 2.45) is 0 Å². The van der Waals surface area contributed by atoms with Gasteiger partial charge >= 0.3 is 0 Å². The summed E-state index contributed by atoms with van der Waals surface area (Å²) in [5.41, 5.74) is 1.51. The van der Waals surface area contributed by atoms with Gasteiger partial charge in [0.2, 0.25) is 0 Å². The molecule has 136 valence electrons. The number of aromatic hydroxyl groups is 2. The Kier molecular flexibility index (Phi) is 5.22. The third-order valence-electron chi connectivity index (χ3n) is 4.29. The summed E-state index contributed by atoms with van der Waals surface area (Å²) in [5.74, 6) is -0.658. The lowest BCUT2D eigenvalue weighted by Crippen LogP contribution is -2.06. The molecule has 3 aromatic rings. The van der Waals surface area contributed by atoms with E-state index in [-0.39, 0.29) is 29.0 Å². The Morgan fingerprint density at radius 3 is 2.30 bits per heavy atom. The Labute approximate surface area is 156 Å². The lowest BCUT2D eigenvalue weighted by Gasteiger charge is -2.18. The molecule has 0 aliphatic heterocycles. The molecule has 3 aromatic carbocycles. The molecular formula is C22H18O5. The van der Waals surface area contributed by atoms with Gasteiger partial charge in [-0.1, -0.05) is 42.5 Å². The first-order chi connectivity index (χ1) is 13.1. The van der Waals surface area contributed by atoms with E-state index < -0.39 is 5.78 Å². The number of aldehydes is 1. The van der Waals surface area contributed by atoms with Crippen molar-refractivity contribution < 1.29 is 24.5 Å². The highest BCUT2D eigenvalue weighted by Gasteiger charge is 2.25. The number of benzene rings is 3. The van der Waals surface area contributed by atoms with Gasteiger partial charge in [0.15, 0.2) is 5.78 Å². The Bertz CT molecular complexity index is 993. The van der Waals surface area contributed by atoms with Gasteiger partial charge in [0.05, 0.1) is 23.8 Å². The van der Waals surface area contributed by atoms with Crippen LogP contribution in [-0.4, -0.2) is 29.4 Å². The number of carbonyl (C=O) groups is 2. The quantitative estimate of drug-likeness (QED) is 0.515. The Hall–Kier alpha value is -3.60. The highest BCUT2D eigenvalue weighted by Crippen LogP contribution is 2.43. The molecule has 0 bridgehead atoms. The van der Waals surface area contributed by atoms with Crippen LogP contribution in [0, 0.1) is 0 Å². The van der Waals surface area contributed by atoms with E-state index in [0.717, 1.165) is 0 Å². The van der Waals surface area contributed by atoms with E-state index in [4.69, 9.17) is 4.74 Å². The van der Waals surface area contributed by atoms with Crippen LogP contribution < -0.4 is 4.74 Å². The van der Waals surface area contributed by atoms with Crippen LogP contribution in [0.2, 0.25) is 0 Å². The average Bonchev–Trinajstić information content (AvgIpc) is 2.69. The van der Waals surface area contributed by atoms with Crippen LogP contribution in [-0.2, 0) is 11.2 Å². The van der Waals surface area contributed by atoms with Crippen molar-refractivity contribution in [1.29, 1.82) is 0 Å². The number of phenols is 2. The fraction of sp³-hybridized carbons (Fsp3) is 0.0909. The van der Waals surface area contributed by atoms with Crippen LogP contribution in [0.15, 0.2) is 60.7 Å². The monoisotopic (exact) mass is 362 g/mol. The standard InChI is InChI=1S/C22H18O5/c1-27-22-15(11-12-23)13-17(20(25)16-9-5-6-10-18(16)24)21(26)19(22)14-7-3-2-4-8-14/h2-10,12-13,24,26H,11H2,1H3. The maximum Gasteiger partial charge on any atom is 0.200 e. The fourth-order valence-corrected chi connectivity index (χ4v) is 3.04. The van der Waals surface area contributed by atoms with Crippen LogP contribution in [0.4, 0.5) is 0 Å². The van der Waals surface area contributed by atoms with Gasteiger partial charge in [0.25, 0.3) is 0 Å². The molecular weight excluding hydrogens is 344 g/mol. The van der Waals surface area contributed by atoms with Crippen molar-refractivity contribution in [2.75, 3.05) is 7.11 Å². The zero-order valence-electron chi connectivity index (χ0n) is 14.7. The fourth-order valence-electron chi connectivity index (χ4n) is 3.04. The van der Waals surface area contributed by atoms with Crippen molar-refractivity contribution in [3.63, 3.8) is 0 Å². The number of carbonyl (C=O) groups excluding carboxylic acids is 2. The third kappa shape index (κ3) is 3.40. The molecule has 5 heteroatoms. The minimum absolute atomic E-state index is 0.00648. The van der Waals surface area contributed by atoms with E-state index in [0.29, 0.717) is 28.7 Å². The van der Waals surface area contributed by atoms with Crippen LogP contribution in [0.1, 0.15) is 21.5 Å². The van der Waals surface area contributed by atoms with Crippen molar-refractivity contribution in [3.8, 4) is 28.4 Å². The van der Waals surface area contributed by atoms with Crippen LogP contribution in [0.3, 0.4) is 0 Å². The number of ether oxygens (including phenoxy) is 1. The predicted molar refractivity (Wildman–Crippen MR) is 101 cm³/mol. The summed E-state index contributed by atoms with van der Waals surface area (Å²) in [6, 6.07) is 16.5. The molecule has 0 aliphatic carbocycles. The zero-order valence-corrected chi connectivity index (χ0v) is 14.7. The number of ketones is 1. The van der Waals surface area contributed by atoms with Crippen molar-refractivity contribution >= 4 is 12.1 Å². The molecule has 27 heavy (non-hydrogen) atoms. The molecule has 0 spiro atoms. The number of phenolic OH excluding ortho intramolecular Hbond substituents is 2. The molecule has 5 nitrogen and oxygen atoms in total. The minimum atomic E-state index is -0.544. The number of hydrogen-bond donors (Lipinski definition) is 2. The summed E-state index contributed by atoms with van der Waals surface area (Å²) >= 11 is 0. The first kappa shape index (κ1) is 18.2. The van der Waals surface area contributed by atoms with Gasteiger partial charge in [0.1, 0.15) is 23.5 Å². The van der Waals surface area contributed by atoms with E-state index in [1.807, 2.05) is 6.07 Å². The van der Waals surface area contributed by atoms with Crippen molar-refractivity contribution in [3.05, 3.63) is 77.4 Å². The van der Waals surface area contributed by atoms with Gasteiger partial charge in [-0.3, -0.25) is 4.79 Å². The molecule has 0 radical (unpaired) electrons. The maximum atomic E-state index is 13.0. The van der Waals surface area contributed by atoms with Gasteiger partial charge in [-0.15, -0.1) is 0 Å². The molecule has 0 atom stereocenters. The van der Waals surface area contributed by atoms with E-state index in [1.165, 1.54) is 25.3 Å². The third-order valence-corrected chi connectivity index (χ3v) is 4.29. The van der Waals surface area contributed by atoms with Gasteiger partial charge in [-0.25, -0.2) is 0 Å². The van der Waals surface area contributed by atoms with Gasteiger partial charge < -0.3 is 19.7 Å². The number of hydrogen-bond acceptors (Lipinski definition) is 5. The molecule has 0 aliphatic rings. The lowest BCUT2D eigenvalue weighted by atomic mass is 9.91. The zero-order chi connectivity index (χ0) is 19.4. The van der Waals surface area contributed by atoms with Crippen molar-refractivity contribution in [1.82, 2.24) is 0 Å². The summed E-state index contributed by atoms with van der Waals surface area (Å²) in [7, 11) is 1.44. The second-order valence-electron chi connectivity index (χ2n) is 5.92. The minimum Gasteiger partial charge on any atom is -0.507 e. The Morgan fingerprint density at radius 2 is 1.67 bits per heavy atom. The van der Waals surface area contributed by atoms with Crippen molar-refractivity contribution in [2.45, 2.75) is 6.42 Å². The summed E-state index contributed by atoms with van der Waals surface area (Å²) in [6.07, 6.45) is 0.724. The van der Waals surface area contributed by atoms with Crippen LogP contribution >= 0.6 is 0 Å². The summed E-state index contributed by atoms with van der Waals surface area (Å²) in [6.45, 7) is 0. The predicted octanol–water partition coefficient (Wildman–Crippen LogP) is 3.75. The molecule has 0 amide bonds. The second-order valence-corrected chi connectivity index (χ2v) is 5.92. The highest BCUT2D eigenvalue weighted by atomic mass is 16.5. The second kappa shape index (κ2) is 7.74. The number of para-hydroxylation sites is 1. The SMILES string of the molecule is COc1c(CC=O)cc(C(=O)c2ccccc2O)c(O)c1-c1ccccc1. The van der Waals surface area contributed by atoms with Gasteiger partial charge in [-0.05, 0) is 23.8 Å². The molecule has 3 rings (SSSR count). The highest BCUT2D eigenvalue weighted by molar-refractivity contribution is 6.13. The molecule has 0 unspecified atom stereocenters. The Balaban J connectivity index is 2.29. The summed E-state index contributed by atoms with van der Waals surface area (Å²) < 4.78 is 5.45. The average molecular weight is 362 g/mol. The van der Waals surface area contributed by atoms with E-state index in [2.05, 4.69) is 0 Å². The molecule has 0 saturated heterocycles. The molecule has 2 N–H and O–H groups in total. The van der Waals surface area contributed by atoms with Gasteiger partial charge in [0, 0.05) is 12.0 Å². The molecule has 0 fully saturated rings. The summed E-state index contributed by atoms with van der Waals surface area (Å²) in [5, 5.41) is 20.9. The summed E-state index contributed by atoms with van der Waals surface area (Å²) in [4.78, 5) is 24.1. The first-order valence-corrected chi connectivity index (χ1v) is 8.33. The number of rotatable bonds is 6. The number of methoxy groups -OCH3 is 1. The van der Waals surface area contributed by atoms with E-state index in [9.17, 15) is 19.8 Å². The smallest absolute Gasteiger partial charge is 0.200 e. The van der Waals surface area contributed by atoms with E-state index >= 15 is 0 Å².